The first kappa shape index (κ1) is 15.3. The summed E-state index contributed by atoms with van der Waals surface area (Å²) in [6, 6.07) is -0.210. The van der Waals surface area contributed by atoms with Crippen LogP contribution >= 0.6 is 0 Å². The topological polar surface area (TPSA) is 99.4 Å². The van der Waals surface area contributed by atoms with E-state index in [-0.39, 0.29) is 25.0 Å². The van der Waals surface area contributed by atoms with Crippen LogP contribution in [0.3, 0.4) is 0 Å². The highest BCUT2D eigenvalue weighted by molar-refractivity contribution is 5.81. The fraction of sp³-hybridized carbons (Fsp3) is 0.900. The molecule has 0 rings (SSSR count). The van der Waals surface area contributed by atoms with Crippen LogP contribution in [0.25, 0.3) is 0 Å². The zero-order valence-corrected chi connectivity index (χ0v) is 10.1. The van der Waals surface area contributed by atoms with Crippen LogP contribution < -0.4 is 21.7 Å². The van der Waals surface area contributed by atoms with E-state index in [1.807, 2.05) is 7.05 Å². The van der Waals surface area contributed by atoms with Crippen LogP contribution in [0.4, 0.5) is 0 Å². The minimum absolute atomic E-state index is 0.0916. The van der Waals surface area contributed by atoms with Crippen LogP contribution in [0.15, 0.2) is 0 Å². The van der Waals surface area contributed by atoms with Crippen molar-refractivity contribution in [2.45, 2.75) is 25.0 Å². The fourth-order valence-corrected chi connectivity index (χ4v) is 1.31. The third-order valence-corrected chi connectivity index (χ3v) is 2.37. The van der Waals surface area contributed by atoms with Gasteiger partial charge in [-0.1, -0.05) is 0 Å². The maximum absolute atomic E-state index is 11.6. The van der Waals surface area contributed by atoms with Gasteiger partial charge in [-0.15, -0.1) is 0 Å². The number of hydrogen-bond donors (Lipinski definition) is 5. The van der Waals surface area contributed by atoms with E-state index in [9.17, 15) is 9.90 Å². The number of amides is 1. The monoisotopic (exact) mass is 232 g/mol. The molecule has 0 aromatic rings. The molecule has 96 valence electrons. The molecule has 0 bridgehead atoms. The lowest BCUT2D eigenvalue weighted by molar-refractivity contribution is -0.123. The molecule has 0 aliphatic heterocycles. The Hall–Kier alpha value is -0.690. The molecule has 0 aliphatic rings. The van der Waals surface area contributed by atoms with E-state index in [1.54, 1.807) is 7.05 Å². The molecular formula is C10H24N4O2. The Morgan fingerprint density at radius 2 is 2.12 bits per heavy atom. The SMILES string of the molecule is CNCCC[C@H](NC)C(=O)NCC(O)CN. The summed E-state index contributed by atoms with van der Waals surface area (Å²) in [5.74, 6) is -0.0916. The Bertz CT molecular complexity index is 190. The minimum atomic E-state index is -0.668. The Balaban J connectivity index is 3.82. The van der Waals surface area contributed by atoms with Gasteiger partial charge in [-0.2, -0.15) is 0 Å². The molecule has 1 unspecified atom stereocenters. The summed E-state index contributed by atoms with van der Waals surface area (Å²) in [6.45, 7) is 1.25. The normalized spacial score (nSPS) is 14.5. The second kappa shape index (κ2) is 9.53. The van der Waals surface area contributed by atoms with Crippen molar-refractivity contribution in [2.75, 3.05) is 33.7 Å². The van der Waals surface area contributed by atoms with Gasteiger partial charge >= 0.3 is 0 Å². The number of aliphatic hydroxyl groups excluding tert-OH is 1. The molecule has 0 saturated heterocycles. The zero-order chi connectivity index (χ0) is 12.4. The van der Waals surface area contributed by atoms with Crippen molar-refractivity contribution in [2.24, 2.45) is 5.73 Å². The summed E-state index contributed by atoms with van der Waals surface area (Å²) in [4.78, 5) is 11.6. The number of carbonyl (C=O) groups is 1. The van der Waals surface area contributed by atoms with Crippen LogP contribution in [0.2, 0.25) is 0 Å². The van der Waals surface area contributed by atoms with Gasteiger partial charge in [0.05, 0.1) is 12.1 Å². The fourth-order valence-electron chi connectivity index (χ4n) is 1.31. The van der Waals surface area contributed by atoms with Gasteiger partial charge in [0.15, 0.2) is 0 Å². The molecule has 1 amide bonds. The second-order valence-electron chi connectivity index (χ2n) is 3.72. The van der Waals surface area contributed by atoms with Crippen molar-refractivity contribution < 1.29 is 9.90 Å². The average Bonchev–Trinajstić information content (AvgIpc) is 2.31. The lowest BCUT2D eigenvalue weighted by Gasteiger charge is -2.17. The quantitative estimate of drug-likeness (QED) is 0.296. The van der Waals surface area contributed by atoms with E-state index in [2.05, 4.69) is 16.0 Å². The maximum atomic E-state index is 11.6. The van der Waals surface area contributed by atoms with Gasteiger partial charge in [0, 0.05) is 13.1 Å². The summed E-state index contributed by atoms with van der Waals surface area (Å²) in [6.07, 6.45) is 1.02. The van der Waals surface area contributed by atoms with E-state index < -0.39 is 6.10 Å². The van der Waals surface area contributed by atoms with Gasteiger partial charge in [0.25, 0.3) is 0 Å². The molecule has 6 heteroatoms. The number of nitrogens with two attached hydrogens (primary N) is 1. The molecule has 6 N–H and O–H groups in total. The molecule has 0 radical (unpaired) electrons. The molecule has 0 fully saturated rings. The van der Waals surface area contributed by atoms with Crippen LogP contribution in [-0.4, -0.2) is 56.9 Å². The van der Waals surface area contributed by atoms with Crippen molar-refractivity contribution in [3.63, 3.8) is 0 Å². The Labute approximate surface area is 97.0 Å². The first-order valence-electron chi connectivity index (χ1n) is 5.63. The number of carbonyl (C=O) groups excluding carboxylic acids is 1. The summed E-state index contributed by atoms with van der Waals surface area (Å²) >= 11 is 0. The Morgan fingerprint density at radius 3 is 2.62 bits per heavy atom. The molecule has 0 aromatic carbocycles. The van der Waals surface area contributed by atoms with Gasteiger partial charge < -0.3 is 26.8 Å². The molecule has 6 nitrogen and oxygen atoms in total. The predicted molar refractivity (Wildman–Crippen MR) is 64.1 cm³/mol. The molecule has 0 spiro atoms. The first-order valence-corrected chi connectivity index (χ1v) is 5.63. The number of likely N-dealkylation sites (N-methyl/N-ethyl adjacent to an activating group) is 1. The van der Waals surface area contributed by atoms with E-state index in [4.69, 9.17) is 5.73 Å². The highest BCUT2D eigenvalue weighted by Crippen LogP contribution is 1.96. The van der Waals surface area contributed by atoms with Gasteiger partial charge in [0.1, 0.15) is 0 Å². The second-order valence-corrected chi connectivity index (χ2v) is 3.72. The molecule has 16 heavy (non-hydrogen) atoms. The third kappa shape index (κ3) is 6.73. The minimum Gasteiger partial charge on any atom is -0.390 e. The Morgan fingerprint density at radius 1 is 1.44 bits per heavy atom. The average molecular weight is 232 g/mol. The Kier molecular flexibility index (Phi) is 9.12. The molecule has 2 atom stereocenters. The van der Waals surface area contributed by atoms with E-state index in [1.165, 1.54) is 0 Å². The third-order valence-electron chi connectivity index (χ3n) is 2.37. The summed E-state index contributed by atoms with van der Waals surface area (Å²) in [5.41, 5.74) is 5.24. The molecule has 0 aromatic heterocycles. The smallest absolute Gasteiger partial charge is 0.237 e. The van der Waals surface area contributed by atoms with E-state index in [0.29, 0.717) is 0 Å². The number of rotatable bonds is 9. The van der Waals surface area contributed by atoms with Crippen molar-refractivity contribution in [3.05, 3.63) is 0 Å². The van der Waals surface area contributed by atoms with Crippen molar-refractivity contribution in [3.8, 4) is 0 Å². The summed E-state index contributed by atoms with van der Waals surface area (Å²) in [5, 5.41) is 17.8. The van der Waals surface area contributed by atoms with E-state index in [0.717, 1.165) is 19.4 Å². The number of hydrogen-bond acceptors (Lipinski definition) is 5. The molecule has 0 saturated carbocycles. The van der Waals surface area contributed by atoms with Crippen molar-refractivity contribution in [1.29, 1.82) is 0 Å². The van der Waals surface area contributed by atoms with Gasteiger partial charge in [0.2, 0.25) is 5.91 Å². The van der Waals surface area contributed by atoms with Gasteiger partial charge in [-0.3, -0.25) is 4.79 Å². The summed E-state index contributed by atoms with van der Waals surface area (Å²) in [7, 11) is 3.63. The molecule has 0 heterocycles. The van der Waals surface area contributed by atoms with Gasteiger partial charge in [-0.05, 0) is 33.5 Å². The lowest BCUT2D eigenvalue weighted by atomic mass is 10.1. The highest BCUT2D eigenvalue weighted by atomic mass is 16.3. The van der Waals surface area contributed by atoms with Crippen LogP contribution in [-0.2, 0) is 4.79 Å². The van der Waals surface area contributed by atoms with Crippen LogP contribution in [0.5, 0.6) is 0 Å². The van der Waals surface area contributed by atoms with Crippen molar-refractivity contribution >= 4 is 5.91 Å². The lowest BCUT2D eigenvalue weighted by Crippen LogP contribution is -2.46. The van der Waals surface area contributed by atoms with Gasteiger partial charge in [-0.25, -0.2) is 0 Å². The zero-order valence-electron chi connectivity index (χ0n) is 10.1. The van der Waals surface area contributed by atoms with E-state index >= 15 is 0 Å². The number of aliphatic hydroxyl groups is 1. The van der Waals surface area contributed by atoms with Crippen LogP contribution in [0.1, 0.15) is 12.8 Å². The highest BCUT2D eigenvalue weighted by Gasteiger charge is 2.15. The van der Waals surface area contributed by atoms with Crippen molar-refractivity contribution in [1.82, 2.24) is 16.0 Å². The first-order chi connectivity index (χ1) is 7.65. The van der Waals surface area contributed by atoms with Crippen LogP contribution in [0, 0.1) is 0 Å². The molecule has 0 aliphatic carbocycles. The predicted octanol–water partition coefficient (Wildman–Crippen LogP) is -1.99. The molecular weight excluding hydrogens is 208 g/mol. The number of nitrogens with one attached hydrogen (secondary N) is 3. The maximum Gasteiger partial charge on any atom is 0.237 e. The summed E-state index contributed by atoms with van der Waals surface area (Å²) < 4.78 is 0. The standard InChI is InChI=1S/C10H24N4O2/c1-12-5-3-4-9(13-2)10(16)14-7-8(15)6-11/h8-9,12-13,15H,3-7,11H2,1-2H3,(H,14,16)/t8?,9-/m0/s1. The largest absolute Gasteiger partial charge is 0.390 e.